The van der Waals surface area contributed by atoms with E-state index in [-0.39, 0.29) is 6.03 Å². The topological polar surface area (TPSA) is 47.4 Å². The average Bonchev–Trinajstić information content (AvgIpc) is 2.05. The van der Waals surface area contributed by atoms with E-state index in [4.69, 9.17) is 5.41 Å². The van der Waals surface area contributed by atoms with Crippen molar-refractivity contribution in [3.8, 4) is 0 Å². The summed E-state index contributed by atoms with van der Waals surface area (Å²) >= 11 is 0. The highest BCUT2D eigenvalue weighted by Gasteiger charge is 2.14. The van der Waals surface area contributed by atoms with Gasteiger partial charge >= 0.3 is 6.03 Å². The molecule has 0 radical (unpaired) electrons. The van der Waals surface area contributed by atoms with E-state index in [1.807, 2.05) is 6.92 Å². The van der Waals surface area contributed by atoms with Crippen molar-refractivity contribution in [3.05, 3.63) is 0 Å². The van der Waals surface area contributed by atoms with Gasteiger partial charge < -0.3 is 4.90 Å². The van der Waals surface area contributed by atoms with Crippen LogP contribution in [0.2, 0.25) is 0 Å². The van der Waals surface area contributed by atoms with Crippen LogP contribution in [0.5, 0.6) is 0 Å². The van der Waals surface area contributed by atoms with Gasteiger partial charge in [-0.05, 0) is 12.8 Å². The first-order chi connectivity index (χ1) is 6.02. The van der Waals surface area contributed by atoms with Gasteiger partial charge in [0.25, 0.3) is 0 Å². The van der Waals surface area contributed by atoms with Crippen molar-refractivity contribution in [2.75, 3.05) is 20.1 Å². The number of nitrogens with zero attached hydrogens (tertiary/aromatic N) is 2. The van der Waals surface area contributed by atoms with Crippen molar-refractivity contribution in [3.63, 3.8) is 0 Å². The third-order valence-corrected chi connectivity index (χ3v) is 1.71. The largest absolute Gasteiger partial charge is 0.327 e. The van der Waals surface area contributed by atoms with E-state index < -0.39 is 0 Å². The fraction of sp³-hybridized carbons (Fsp3) is 0.778. The fourth-order valence-corrected chi connectivity index (χ4v) is 1.13. The summed E-state index contributed by atoms with van der Waals surface area (Å²) in [6.45, 7) is 7.25. The first-order valence-electron chi connectivity index (χ1n) is 4.55. The van der Waals surface area contributed by atoms with Gasteiger partial charge in [-0.15, -0.1) is 0 Å². The predicted molar refractivity (Wildman–Crippen MR) is 54.0 cm³/mol. The van der Waals surface area contributed by atoms with Crippen LogP contribution in [0.4, 0.5) is 4.79 Å². The van der Waals surface area contributed by atoms with Crippen molar-refractivity contribution in [1.29, 1.82) is 5.41 Å². The van der Waals surface area contributed by atoms with Crippen LogP contribution in [0, 0.1) is 11.3 Å². The Morgan fingerprint density at radius 2 is 2.08 bits per heavy atom. The summed E-state index contributed by atoms with van der Waals surface area (Å²) in [5.41, 5.74) is 0. The maximum atomic E-state index is 11.5. The van der Waals surface area contributed by atoms with E-state index in [9.17, 15) is 4.79 Å². The minimum atomic E-state index is -0.105. The van der Waals surface area contributed by atoms with Crippen molar-refractivity contribution in [2.24, 2.45) is 5.92 Å². The Morgan fingerprint density at radius 1 is 1.54 bits per heavy atom. The smallest absolute Gasteiger partial charge is 0.324 e. The van der Waals surface area contributed by atoms with E-state index >= 15 is 0 Å². The Bertz CT molecular complexity index is 180. The van der Waals surface area contributed by atoms with Gasteiger partial charge in [0.1, 0.15) is 0 Å². The molecule has 0 saturated heterocycles. The second-order valence-corrected chi connectivity index (χ2v) is 3.47. The molecule has 0 bridgehead atoms. The zero-order chi connectivity index (χ0) is 10.4. The number of carbonyl (C=O) groups excluding carboxylic acids is 1. The van der Waals surface area contributed by atoms with E-state index in [1.54, 1.807) is 11.9 Å². The van der Waals surface area contributed by atoms with Crippen molar-refractivity contribution >= 4 is 12.4 Å². The molecule has 0 fully saturated rings. The molecule has 0 aliphatic rings. The second-order valence-electron chi connectivity index (χ2n) is 3.47. The van der Waals surface area contributed by atoms with Crippen LogP contribution in [0.1, 0.15) is 20.8 Å². The molecule has 0 aliphatic heterocycles. The summed E-state index contributed by atoms with van der Waals surface area (Å²) in [5, 5.41) is 7.02. The van der Waals surface area contributed by atoms with Gasteiger partial charge in [0.05, 0.1) is 6.34 Å². The number of nitrogens with one attached hydrogen (secondary N) is 1. The summed E-state index contributed by atoms with van der Waals surface area (Å²) in [7, 11) is 1.76. The Labute approximate surface area is 80.0 Å². The summed E-state index contributed by atoms with van der Waals surface area (Å²) in [6, 6.07) is -0.105. The van der Waals surface area contributed by atoms with Crippen molar-refractivity contribution in [1.82, 2.24) is 9.80 Å². The van der Waals surface area contributed by atoms with Crippen LogP contribution in [0.15, 0.2) is 0 Å². The molecule has 0 spiro atoms. The van der Waals surface area contributed by atoms with Crippen LogP contribution in [-0.2, 0) is 0 Å². The SMILES string of the molecule is CCN(C=N)C(=O)N(C)CC(C)C. The lowest BCUT2D eigenvalue weighted by Crippen LogP contribution is -2.41. The summed E-state index contributed by atoms with van der Waals surface area (Å²) in [5.74, 6) is 0.457. The zero-order valence-electron chi connectivity index (χ0n) is 8.87. The molecule has 76 valence electrons. The Morgan fingerprint density at radius 3 is 2.38 bits per heavy atom. The quantitative estimate of drug-likeness (QED) is 0.525. The predicted octanol–water partition coefficient (Wildman–Crippen LogP) is 1.62. The monoisotopic (exact) mass is 185 g/mol. The maximum Gasteiger partial charge on any atom is 0.324 e. The molecule has 0 aliphatic carbocycles. The molecule has 0 saturated carbocycles. The van der Waals surface area contributed by atoms with Gasteiger partial charge in [0.2, 0.25) is 0 Å². The molecule has 0 rings (SSSR count). The molecule has 0 aromatic rings. The first kappa shape index (κ1) is 11.9. The number of hydrogen-bond donors (Lipinski definition) is 1. The van der Waals surface area contributed by atoms with Gasteiger partial charge in [-0.1, -0.05) is 13.8 Å². The molecule has 4 heteroatoms. The van der Waals surface area contributed by atoms with E-state index in [2.05, 4.69) is 13.8 Å². The number of carbonyl (C=O) groups is 1. The maximum absolute atomic E-state index is 11.5. The average molecular weight is 185 g/mol. The molecular formula is C9H19N3O. The molecule has 2 amide bonds. The number of urea groups is 1. The van der Waals surface area contributed by atoms with Gasteiger partial charge in [-0.25, -0.2) is 4.79 Å². The molecule has 0 heterocycles. The van der Waals surface area contributed by atoms with Crippen LogP contribution >= 0.6 is 0 Å². The minimum absolute atomic E-state index is 0.105. The number of amides is 2. The minimum Gasteiger partial charge on any atom is -0.327 e. The van der Waals surface area contributed by atoms with Gasteiger partial charge in [-0.3, -0.25) is 10.3 Å². The molecule has 0 aromatic heterocycles. The zero-order valence-corrected chi connectivity index (χ0v) is 8.87. The highest BCUT2D eigenvalue weighted by Crippen LogP contribution is 1.99. The molecule has 4 nitrogen and oxygen atoms in total. The second kappa shape index (κ2) is 5.56. The van der Waals surface area contributed by atoms with Crippen LogP contribution < -0.4 is 0 Å². The molecule has 13 heavy (non-hydrogen) atoms. The summed E-state index contributed by atoms with van der Waals surface area (Å²) in [6.07, 6.45) is 1.07. The molecular weight excluding hydrogens is 166 g/mol. The molecule has 1 N–H and O–H groups in total. The highest BCUT2D eigenvalue weighted by atomic mass is 16.2. The Hall–Kier alpha value is -1.06. The standard InChI is InChI=1S/C9H19N3O/c1-5-12(7-10)9(13)11(4)6-8(2)3/h7-8,10H,5-6H2,1-4H3. The van der Waals surface area contributed by atoms with Gasteiger partial charge in [0.15, 0.2) is 0 Å². The molecule has 0 aromatic carbocycles. The van der Waals surface area contributed by atoms with Crippen LogP contribution in [0.25, 0.3) is 0 Å². The first-order valence-corrected chi connectivity index (χ1v) is 4.55. The normalized spacial score (nSPS) is 9.92. The molecule has 0 atom stereocenters. The number of hydrogen-bond acceptors (Lipinski definition) is 2. The summed E-state index contributed by atoms with van der Waals surface area (Å²) < 4.78 is 0. The van der Waals surface area contributed by atoms with Crippen LogP contribution in [-0.4, -0.2) is 42.3 Å². The lowest BCUT2D eigenvalue weighted by atomic mass is 10.2. The van der Waals surface area contributed by atoms with E-state index in [0.29, 0.717) is 12.5 Å². The number of rotatable bonds is 4. The Kier molecular flexibility index (Phi) is 5.11. The fourth-order valence-electron chi connectivity index (χ4n) is 1.13. The summed E-state index contributed by atoms with van der Waals surface area (Å²) in [4.78, 5) is 14.6. The van der Waals surface area contributed by atoms with Crippen molar-refractivity contribution in [2.45, 2.75) is 20.8 Å². The molecule has 0 unspecified atom stereocenters. The highest BCUT2D eigenvalue weighted by molar-refractivity contribution is 5.85. The van der Waals surface area contributed by atoms with E-state index in [1.165, 1.54) is 4.90 Å². The third-order valence-electron chi connectivity index (χ3n) is 1.71. The van der Waals surface area contributed by atoms with Gasteiger partial charge in [-0.2, -0.15) is 0 Å². The van der Waals surface area contributed by atoms with E-state index in [0.717, 1.165) is 12.9 Å². The van der Waals surface area contributed by atoms with Crippen LogP contribution in [0.3, 0.4) is 0 Å². The van der Waals surface area contributed by atoms with Gasteiger partial charge in [0, 0.05) is 20.1 Å². The Balaban J connectivity index is 4.14. The lowest BCUT2D eigenvalue weighted by Gasteiger charge is -2.24. The lowest BCUT2D eigenvalue weighted by molar-refractivity contribution is 0.183. The third kappa shape index (κ3) is 3.92. The van der Waals surface area contributed by atoms with Crippen molar-refractivity contribution < 1.29 is 4.79 Å².